The average molecular weight is 389 g/mol. The monoisotopic (exact) mass is 389 g/mol. The third-order valence-corrected chi connectivity index (χ3v) is 7.31. The molecule has 0 radical (unpaired) electrons. The van der Waals surface area contributed by atoms with Crippen LogP contribution in [-0.4, -0.2) is 11.1 Å². The zero-order chi connectivity index (χ0) is 20.6. The van der Waals surface area contributed by atoms with Crippen molar-refractivity contribution in [2.75, 3.05) is 0 Å². The number of carbonyl (C=O) groups is 1. The predicted molar refractivity (Wildman–Crippen MR) is 111 cm³/mol. The average Bonchev–Trinajstić information content (AvgIpc) is 2.72. The molecule has 0 saturated heterocycles. The fourth-order valence-electron chi connectivity index (χ4n) is 5.63. The van der Waals surface area contributed by atoms with Gasteiger partial charge < -0.3 is 9.84 Å². The first kappa shape index (κ1) is 19.5. The summed E-state index contributed by atoms with van der Waals surface area (Å²) in [4.78, 5) is 12.1. The minimum atomic E-state index is -0.663. The van der Waals surface area contributed by atoms with Crippen LogP contribution in [0.4, 0.5) is 0 Å². The van der Waals surface area contributed by atoms with Crippen molar-refractivity contribution < 1.29 is 14.6 Å². The van der Waals surface area contributed by atoms with Gasteiger partial charge in [0.05, 0.1) is 17.0 Å². The molecule has 0 aliphatic heterocycles. The van der Waals surface area contributed by atoms with Gasteiger partial charge in [-0.15, -0.1) is 0 Å². The SMILES string of the molecule is C[C@]1(C(=O)O)CCC[C@]2(C)c3cc(OCc4ccc(C#N)cc4)ccc3CC[C@@H]12. The van der Waals surface area contributed by atoms with Crippen molar-refractivity contribution in [2.45, 2.75) is 58.0 Å². The molecule has 2 aliphatic rings. The molecule has 0 bridgehead atoms. The molecule has 1 N–H and O–H groups in total. The predicted octanol–water partition coefficient (Wildman–Crippen LogP) is 5.23. The highest BCUT2D eigenvalue weighted by molar-refractivity contribution is 5.75. The maximum Gasteiger partial charge on any atom is 0.309 e. The molecule has 4 heteroatoms. The first-order valence-corrected chi connectivity index (χ1v) is 10.4. The Labute approximate surface area is 172 Å². The first-order chi connectivity index (χ1) is 13.9. The molecule has 0 heterocycles. The quantitative estimate of drug-likeness (QED) is 0.777. The number of carboxylic acids is 1. The summed E-state index contributed by atoms with van der Waals surface area (Å²) in [6.45, 7) is 4.63. The fourth-order valence-corrected chi connectivity index (χ4v) is 5.63. The van der Waals surface area contributed by atoms with Crippen LogP contribution in [0.25, 0.3) is 0 Å². The normalized spacial score (nSPS) is 28.0. The van der Waals surface area contributed by atoms with Gasteiger partial charge in [-0.25, -0.2) is 0 Å². The molecule has 2 aromatic rings. The summed E-state index contributed by atoms with van der Waals surface area (Å²) in [5.74, 6) is 0.296. The van der Waals surface area contributed by atoms with Crippen LogP contribution in [0.3, 0.4) is 0 Å². The minimum absolute atomic E-state index is 0.132. The minimum Gasteiger partial charge on any atom is -0.489 e. The van der Waals surface area contributed by atoms with Crippen molar-refractivity contribution in [3.63, 3.8) is 0 Å². The van der Waals surface area contributed by atoms with E-state index >= 15 is 0 Å². The van der Waals surface area contributed by atoms with Gasteiger partial charge in [-0.3, -0.25) is 4.79 Å². The number of nitrogens with zero attached hydrogens (tertiary/aromatic N) is 1. The van der Waals surface area contributed by atoms with Gasteiger partial charge in [0, 0.05) is 0 Å². The Bertz CT molecular complexity index is 975. The fraction of sp³-hybridized carbons (Fsp3) is 0.440. The number of nitriles is 1. The number of hydrogen-bond acceptors (Lipinski definition) is 3. The van der Waals surface area contributed by atoms with Crippen molar-refractivity contribution in [3.8, 4) is 11.8 Å². The molecular formula is C25H27NO3. The number of fused-ring (bicyclic) bond motifs is 3. The van der Waals surface area contributed by atoms with Gasteiger partial charge in [-0.2, -0.15) is 5.26 Å². The topological polar surface area (TPSA) is 70.3 Å². The molecule has 0 unspecified atom stereocenters. The number of carboxylic acid groups (broad SMARTS) is 1. The van der Waals surface area contributed by atoms with E-state index in [2.05, 4.69) is 25.1 Å². The summed E-state index contributed by atoms with van der Waals surface area (Å²) in [6, 6.07) is 15.8. The Kier molecular flexibility index (Phi) is 4.86. The van der Waals surface area contributed by atoms with E-state index in [0.29, 0.717) is 12.2 Å². The van der Waals surface area contributed by atoms with Gasteiger partial charge in [-0.05, 0) is 84.9 Å². The molecule has 2 aliphatic carbocycles. The van der Waals surface area contributed by atoms with E-state index in [1.807, 2.05) is 25.1 Å². The standard InChI is InChI=1S/C25H27NO3/c1-24-12-3-13-25(2,23(27)28)22(24)11-9-19-8-10-20(14-21(19)24)29-16-18-6-4-17(15-26)5-7-18/h4-8,10,14,22H,3,9,11-13,16H2,1-2H3,(H,27,28)/t22-,24-,25+/m1/s1. The van der Waals surface area contributed by atoms with Gasteiger partial charge in [0.2, 0.25) is 0 Å². The molecule has 2 aromatic carbocycles. The second-order valence-electron chi connectivity index (χ2n) is 9.00. The van der Waals surface area contributed by atoms with Crippen LogP contribution in [0, 0.1) is 22.7 Å². The maximum atomic E-state index is 12.1. The smallest absolute Gasteiger partial charge is 0.309 e. The van der Waals surface area contributed by atoms with E-state index in [0.717, 1.165) is 43.4 Å². The highest BCUT2D eigenvalue weighted by Crippen LogP contribution is 2.57. The summed E-state index contributed by atoms with van der Waals surface area (Å²) in [7, 11) is 0. The second-order valence-corrected chi connectivity index (χ2v) is 9.00. The number of aryl methyl sites for hydroxylation is 1. The van der Waals surface area contributed by atoms with E-state index in [4.69, 9.17) is 10.00 Å². The van der Waals surface area contributed by atoms with E-state index in [1.54, 1.807) is 12.1 Å². The highest BCUT2D eigenvalue weighted by Gasteiger charge is 2.55. The Morgan fingerprint density at radius 1 is 1.21 bits per heavy atom. The first-order valence-electron chi connectivity index (χ1n) is 10.4. The van der Waals surface area contributed by atoms with Crippen LogP contribution >= 0.6 is 0 Å². The van der Waals surface area contributed by atoms with Crippen LogP contribution in [0.15, 0.2) is 42.5 Å². The Morgan fingerprint density at radius 2 is 1.97 bits per heavy atom. The Morgan fingerprint density at radius 3 is 2.66 bits per heavy atom. The van der Waals surface area contributed by atoms with E-state index < -0.39 is 11.4 Å². The van der Waals surface area contributed by atoms with Crippen LogP contribution < -0.4 is 4.74 Å². The molecule has 29 heavy (non-hydrogen) atoms. The molecule has 4 rings (SSSR count). The van der Waals surface area contributed by atoms with Crippen molar-refractivity contribution in [2.24, 2.45) is 11.3 Å². The molecule has 1 fully saturated rings. The molecule has 0 amide bonds. The van der Waals surface area contributed by atoms with Gasteiger partial charge in [0.1, 0.15) is 12.4 Å². The van der Waals surface area contributed by atoms with Crippen molar-refractivity contribution in [1.82, 2.24) is 0 Å². The summed E-state index contributed by atoms with van der Waals surface area (Å²) in [5.41, 5.74) is 3.45. The van der Waals surface area contributed by atoms with E-state index in [1.165, 1.54) is 11.1 Å². The summed E-state index contributed by atoms with van der Waals surface area (Å²) in [6.07, 6.45) is 4.57. The largest absolute Gasteiger partial charge is 0.489 e. The molecular weight excluding hydrogens is 362 g/mol. The van der Waals surface area contributed by atoms with Gasteiger partial charge in [0.25, 0.3) is 0 Å². The Hall–Kier alpha value is -2.80. The van der Waals surface area contributed by atoms with Crippen LogP contribution in [0.1, 0.15) is 61.8 Å². The zero-order valence-electron chi connectivity index (χ0n) is 17.1. The van der Waals surface area contributed by atoms with Crippen molar-refractivity contribution >= 4 is 5.97 Å². The number of aliphatic carboxylic acids is 1. The molecule has 0 aromatic heterocycles. The lowest BCUT2D eigenvalue weighted by atomic mass is 9.50. The molecule has 0 spiro atoms. The molecule has 4 nitrogen and oxygen atoms in total. The van der Waals surface area contributed by atoms with Crippen LogP contribution in [-0.2, 0) is 23.2 Å². The van der Waals surface area contributed by atoms with Gasteiger partial charge >= 0.3 is 5.97 Å². The van der Waals surface area contributed by atoms with E-state index in [9.17, 15) is 9.90 Å². The van der Waals surface area contributed by atoms with Crippen molar-refractivity contribution in [3.05, 3.63) is 64.7 Å². The highest BCUT2D eigenvalue weighted by atomic mass is 16.5. The summed E-state index contributed by atoms with van der Waals surface area (Å²) < 4.78 is 6.06. The third-order valence-electron chi connectivity index (χ3n) is 7.31. The Balaban J connectivity index is 1.60. The van der Waals surface area contributed by atoms with E-state index in [-0.39, 0.29) is 11.3 Å². The van der Waals surface area contributed by atoms with Gasteiger partial charge in [0.15, 0.2) is 0 Å². The molecule has 1 saturated carbocycles. The number of benzene rings is 2. The van der Waals surface area contributed by atoms with Gasteiger partial charge in [-0.1, -0.05) is 31.5 Å². The van der Waals surface area contributed by atoms with Crippen LogP contribution in [0.5, 0.6) is 5.75 Å². The number of hydrogen-bond donors (Lipinski definition) is 1. The summed E-state index contributed by atoms with van der Waals surface area (Å²) in [5, 5.41) is 18.9. The number of rotatable bonds is 4. The summed E-state index contributed by atoms with van der Waals surface area (Å²) >= 11 is 0. The molecule has 150 valence electrons. The lowest BCUT2D eigenvalue weighted by Crippen LogP contribution is -2.52. The number of ether oxygens (including phenoxy) is 1. The van der Waals surface area contributed by atoms with Crippen molar-refractivity contribution in [1.29, 1.82) is 5.26 Å². The lowest BCUT2D eigenvalue weighted by molar-refractivity contribution is -0.157. The lowest BCUT2D eigenvalue weighted by Gasteiger charge is -2.53. The third kappa shape index (κ3) is 3.29. The zero-order valence-corrected chi connectivity index (χ0v) is 17.1. The van der Waals surface area contributed by atoms with Crippen LogP contribution in [0.2, 0.25) is 0 Å². The second kappa shape index (κ2) is 7.22. The maximum absolute atomic E-state index is 12.1. The molecule has 3 atom stereocenters.